The zero-order chi connectivity index (χ0) is 29.6. The second-order valence-corrected chi connectivity index (χ2v) is 15.3. The molecule has 0 radical (unpaired) electrons. The summed E-state index contributed by atoms with van der Waals surface area (Å²) in [5.41, 5.74) is 11.5. The van der Waals surface area contributed by atoms with Crippen LogP contribution in [0.5, 0.6) is 0 Å². The molecule has 8 fully saturated rings. The van der Waals surface area contributed by atoms with Gasteiger partial charge in [0.25, 0.3) is 0 Å². The minimum absolute atomic E-state index is 0.110. The van der Waals surface area contributed by atoms with Gasteiger partial charge in [-0.25, -0.2) is 9.59 Å². The molecule has 8 aliphatic carbocycles. The third-order valence-corrected chi connectivity index (χ3v) is 11.7. The van der Waals surface area contributed by atoms with Crippen molar-refractivity contribution >= 4 is 24.0 Å². The van der Waals surface area contributed by atoms with E-state index in [-0.39, 0.29) is 35.1 Å². The molecule has 42 heavy (non-hydrogen) atoms. The van der Waals surface area contributed by atoms with Crippen LogP contribution in [0.4, 0.5) is 9.59 Å². The normalized spacial score (nSPS) is 37.1. The van der Waals surface area contributed by atoms with Gasteiger partial charge >= 0.3 is 12.1 Å². The number of nitrogens with two attached hydrogens (primary N) is 2. The first-order valence-corrected chi connectivity index (χ1v) is 16.6. The molecule has 0 saturated heterocycles. The summed E-state index contributed by atoms with van der Waals surface area (Å²) in [7, 11) is 2.02. The van der Waals surface area contributed by atoms with Crippen LogP contribution < -0.4 is 22.1 Å². The number of nitrogens with zero attached hydrogens (tertiary/aromatic N) is 3. The van der Waals surface area contributed by atoms with E-state index < -0.39 is 0 Å². The molecule has 11 heteroatoms. The number of carbonyl (C=O) groups excluding carboxylic acids is 2. The lowest BCUT2D eigenvalue weighted by Crippen LogP contribution is -2.63. The minimum Gasteiger partial charge on any atom is -0.370 e. The van der Waals surface area contributed by atoms with Gasteiger partial charge in [0.2, 0.25) is 0 Å². The highest BCUT2D eigenvalue weighted by Crippen LogP contribution is 2.56. The van der Waals surface area contributed by atoms with Crippen LogP contribution in [0.25, 0.3) is 0 Å². The Bertz CT molecular complexity index is 924. The Hall–Kier alpha value is -2.56. The number of carbonyl (C=O) groups is 2. The number of hydrogen-bond acceptors (Lipinski definition) is 5. The van der Waals surface area contributed by atoms with Crippen molar-refractivity contribution in [1.82, 2.24) is 25.3 Å². The predicted octanol–water partition coefficient (Wildman–Crippen LogP) is 3.45. The molecule has 8 bridgehead atoms. The van der Waals surface area contributed by atoms with Crippen LogP contribution in [-0.4, -0.2) is 83.0 Å². The maximum Gasteiger partial charge on any atom is 0.324 e. The summed E-state index contributed by atoms with van der Waals surface area (Å²) < 4.78 is 0. The highest BCUT2D eigenvalue weighted by molar-refractivity contribution is 5.94. The molecule has 4 amide bonds. The summed E-state index contributed by atoms with van der Waals surface area (Å²) in [6.45, 7) is 2.25. The van der Waals surface area contributed by atoms with Gasteiger partial charge < -0.3 is 27.0 Å². The molecule has 8 rings (SSSR count). The van der Waals surface area contributed by atoms with Crippen LogP contribution in [0, 0.1) is 46.3 Å². The van der Waals surface area contributed by atoms with E-state index in [1.165, 1.54) is 48.3 Å². The summed E-state index contributed by atoms with van der Waals surface area (Å²) in [5, 5.41) is 22.8. The van der Waals surface area contributed by atoms with Gasteiger partial charge in [-0.1, -0.05) is 0 Å². The van der Waals surface area contributed by atoms with Crippen molar-refractivity contribution in [2.75, 3.05) is 33.2 Å². The van der Waals surface area contributed by atoms with E-state index >= 15 is 0 Å². The van der Waals surface area contributed by atoms with Crippen molar-refractivity contribution in [1.29, 1.82) is 10.8 Å². The molecule has 0 aromatic carbocycles. The Kier molecular flexibility index (Phi) is 8.08. The maximum absolute atomic E-state index is 13.3. The first kappa shape index (κ1) is 29.5. The second kappa shape index (κ2) is 11.5. The zero-order valence-corrected chi connectivity index (χ0v) is 25.5. The molecule has 0 atom stereocenters. The van der Waals surface area contributed by atoms with Crippen LogP contribution >= 0.6 is 0 Å². The Morgan fingerprint density at radius 3 is 1.17 bits per heavy atom. The number of rotatable bonds is 10. The Labute approximate surface area is 250 Å². The summed E-state index contributed by atoms with van der Waals surface area (Å²) in [4.78, 5) is 31.4. The van der Waals surface area contributed by atoms with Crippen molar-refractivity contribution in [3.05, 3.63) is 0 Å². The van der Waals surface area contributed by atoms with Gasteiger partial charge in [0.1, 0.15) is 0 Å². The van der Waals surface area contributed by atoms with Gasteiger partial charge in [-0.2, -0.15) is 0 Å². The highest BCUT2D eigenvalue weighted by atomic mass is 16.2. The lowest BCUT2D eigenvalue weighted by molar-refractivity contribution is -0.0150. The molecule has 0 heterocycles. The molecule has 11 nitrogen and oxygen atoms in total. The fourth-order valence-electron chi connectivity index (χ4n) is 10.9. The number of hydrogen-bond donors (Lipinski definition) is 6. The summed E-state index contributed by atoms with van der Waals surface area (Å²) >= 11 is 0. The van der Waals surface area contributed by atoms with E-state index in [4.69, 9.17) is 22.3 Å². The van der Waals surface area contributed by atoms with Crippen molar-refractivity contribution < 1.29 is 9.59 Å². The number of amides is 4. The van der Waals surface area contributed by atoms with Gasteiger partial charge in [-0.3, -0.25) is 20.6 Å². The van der Waals surface area contributed by atoms with Crippen molar-refractivity contribution in [2.45, 2.75) is 101 Å². The SMILES string of the molecule is CN(CCCN(C(=N)N)C(=O)NC12CC3CC(CC(C3)C1)C2)CCCN(C(=N)N)C(=O)NC12CC3CC(CC(C3)C1)C2. The average molecular weight is 584 g/mol. The smallest absolute Gasteiger partial charge is 0.324 e. The molecule has 234 valence electrons. The molecule has 0 aromatic rings. The lowest BCUT2D eigenvalue weighted by Gasteiger charge is -2.57. The molecule has 0 spiro atoms. The van der Waals surface area contributed by atoms with Crippen LogP contribution in [0.15, 0.2) is 0 Å². The van der Waals surface area contributed by atoms with Gasteiger partial charge in [-0.05, 0) is 146 Å². The van der Waals surface area contributed by atoms with E-state index in [1.54, 1.807) is 0 Å². The zero-order valence-electron chi connectivity index (χ0n) is 25.5. The van der Waals surface area contributed by atoms with E-state index in [9.17, 15) is 9.59 Å². The summed E-state index contributed by atoms with van der Waals surface area (Å²) in [6.07, 6.45) is 15.7. The van der Waals surface area contributed by atoms with Crippen LogP contribution in [0.1, 0.15) is 89.9 Å². The molecule has 8 aliphatic rings. The lowest BCUT2D eigenvalue weighted by atomic mass is 9.53. The summed E-state index contributed by atoms with van der Waals surface area (Å²) in [5.74, 6) is 3.99. The van der Waals surface area contributed by atoms with Crippen molar-refractivity contribution in [2.24, 2.45) is 47.0 Å². The Morgan fingerprint density at radius 2 is 0.905 bits per heavy atom. The van der Waals surface area contributed by atoms with Crippen LogP contribution in [-0.2, 0) is 0 Å². The molecule has 0 unspecified atom stereocenters. The van der Waals surface area contributed by atoms with Gasteiger partial charge in [0, 0.05) is 24.2 Å². The molecular formula is C31H53N9O2. The molecule has 8 saturated carbocycles. The average Bonchev–Trinajstić information content (AvgIpc) is 2.86. The van der Waals surface area contributed by atoms with Gasteiger partial charge in [0.05, 0.1) is 0 Å². The third-order valence-electron chi connectivity index (χ3n) is 11.7. The molecule has 0 aromatic heterocycles. The van der Waals surface area contributed by atoms with Crippen LogP contribution in [0.2, 0.25) is 0 Å². The number of urea groups is 2. The third kappa shape index (κ3) is 6.21. The fraction of sp³-hybridized carbons (Fsp3) is 0.871. The monoisotopic (exact) mass is 583 g/mol. The maximum atomic E-state index is 13.3. The topological polar surface area (TPSA) is 168 Å². The van der Waals surface area contributed by atoms with Gasteiger partial charge in [0.15, 0.2) is 11.9 Å². The number of guanidine groups is 2. The predicted molar refractivity (Wildman–Crippen MR) is 163 cm³/mol. The van der Waals surface area contributed by atoms with Crippen molar-refractivity contribution in [3.63, 3.8) is 0 Å². The fourth-order valence-corrected chi connectivity index (χ4v) is 10.9. The van der Waals surface area contributed by atoms with E-state index in [0.717, 1.165) is 87.1 Å². The van der Waals surface area contributed by atoms with Crippen LogP contribution in [0.3, 0.4) is 0 Å². The summed E-state index contributed by atoms with van der Waals surface area (Å²) in [6, 6.07) is -0.455. The first-order valence-electron chi connectivity index (χ1n) is 16.6. The largest absolute Gasteiger partial charge is 0.370 e. The minimum atomic E-state index is -0.228. The van der Waals surface area contributed by atoms with Crippen molar-refractivity contribution in [3.8, 4) is 0 Å². The molecule has 0 aliphatic heterocycles. The molecule has 8 N–H and O–H groups in total. The standard InChI is InChI=1S/C31H53N9O2/c1-38(4-2-6-39(26(32)33)28(41)36-30-14-20-8-21(15-30)10-22(9-20)16-30)5-3-7-40(27(34)35)29(42)37-31-17-23-11-24(18-31)13-25(12-23)19-31/h20-25H,2-19H2,1H3,(H3,32,33)(H3,34,35)(H,36,41)(H,37,42). The van der Waals surface area contributed by atoms with E-state index in [2.05, 4.69) is 15.5 Å². The van der Waals surface area contributed by atoms with E-state index in [1.807, 2.05) is 7.05 Å². The number of nitrogens with one attached hydrogen (secondary N) is 4. The van der Waals surface area contributed by atoms with E-state index in [0.29, 0.717) is 25.9 Å². The Morgan fingerprint density at radius 1 is 0.619 bits per heavy atom. The molecular weight excluding hydrogens is 530 g/mol. The van der Waals surface area contributed by atoms with Gasteiger partial charge in [-0.15, -0.1) is 0 Å². The Balaban J connectivity index is 0.929. The highest BCUT2D eigenvalue weighted by Gasteiger charge is 2.53. The second-order valence-electron chi connectivity index (χ2n) is 15.3. The first-order chi connectivity index (χ1) is 20.0. The quantitative estimate of drug-likeness (QED) is 0.171.